The van der Waals surface area contributed by atoms with E-state index < -0.39 is 0 Å². The first-order chi connectivity index (χ1) is 8.25. The summed E-state index contributed by atoms with van der Waals surface area (Å²) in [5.41, 5.74) is 0. The molecule has 0 aromatic rings. The van der Waals surface area contributed by atoms with Crippen LogP contribution < -0.4 is 0 Å². The molecule has 1 atom stereocenters. The molecule has 6 nitrogen and oxygen atoms in total. The van der Waals surface area contributed by atoms with Gasteiger partial charge >= 0.3 is 6.09 Å². The molecule has 1 amide bonds. The summed E-state index contributed by atoms with van der Waals surface area (Å²) in [6.07, 6.45) is -0.371. The van der Waals surface area contributed by atoms with Crippen molar-refractivity contribution in [3.63, 3.8) is 0 Å². The van der Waals surface area contributed by atoms with Crippen LogP contribution in [0.25, 0.3) is 0 Å². The Hall–Kier alpha value is -0.850. The maximum atomic E-state index is 11.1. The van der Waals surface area contributed by atoms with Crippen LogP contribution >= 0.6 is 0 Å². The van der Waals surface area contributed by atoms with E-state index >= 15 is 0 Å². The van der Waals surface area contributed by atoms with Gasteiger partial charge in [0.15, 0.2) is 0 Å². The predicted molar refractivity (Wildman–Crippen MR) is 61.0 cm³/mol. The van der Waals surface area contributed by atoms with Crippen molar-refractivity contribution in [2.75, 3.05) is 59.7 Å². The molecule has 98 valence electrons. The summed E-state index contributed by atoms with van der Waals surface area (Å²) in [4.78, 5) is 15.0. The van der Waals surface area contributed by atoms with Crippen LogP contribution in [0.5, 0.6) is 0 Å². The molecule has 0 aromatic carbocycles. The van der Waals surface area contributed by atoms with Crippen LogP contribution in [-0.2, 0) is 14.2 Å². The lowest BCUT2D eigenvalue weighted by atomic mass is 10.4. The van der Waals surface area contributed by atoms with Crippen molar-refractivity contribution in [2.24, 2.45) is 0 Å². The number of rotatable bonds is 5. The molecule has 0 aliphatic carbocycles. The summed E-state index contributed by atoms with van der Waals surface area (Å²) in [6.45, 7) is 6.28. The van der Waals surface area contributed by atoms with Gasteiger partial charge in [-0.2, -0.15) is 0 Å². The van der Waals surface area contributed by atoms with Crippen molar-refractivity contribution in [3.05, 3.63) is 0 Å². The molecular formula is C11H20N2O4. The molecule has 0 bridgehead atoms. The van der Waals surface area contributed by atoms with Crippen molar-refractivity contribution in [3.8, 4) is 0 Å². The number of nitrogens with zero attached hydrogens (tertiary/aromatic N) is 2. The minimum atomic E-state index is -0.258. The minimum Gasteiger partial charge on any atom is -0.442 e. The zero-order valence-corrected chi connectivity index (χ0v) is 10.3. The Morgan fingerprint density at radius 2 is 2.18 bits per heavy atom. The summed E-state index contributed by atoms with van der Waals surface area (Å²) in [7, 11) is 1.73. The molecule has 0 N–H and O–H groups in total. The van der Waals surface area contributed by atoms with E-state index in [9.17, 15) is 4.79 Å². The van der Waals surface area contributed by atoms with Crippen LogP contribution in [0.1, 0.15) is 0 Å². The monoisotopic (exact) mass is 244 g/mol. The van der Waals surface area contributed by atoms with Crippen LogP contribution in [0.3, 0.4) is 0 Å². The van der Waals surface area contributed by atoms with E-state index in [1.54, 1.807) is 11.9 Å². The fraction of sp³-hybridized carbons (Fsp3) is 0.909. The molecule has 2 aliphatic heterocycles. The van der Waals surface area contributed by atoms with Gasteiger partial charge < -0.3 is 19.1 Å². The van der Waals surface area contributed by atoms with Crippen molar-refractivity contribution in [1.82, 2.24) is 9.80 Å². The van der Waals surface area contributed by atoms with E-state index in [2.05, 4.69) is 4.90 Å². The second-order valence-electron chi connectivity index (χ2n) is 4.42. The predicted octanol–water partition coefficient (Wildman–Crippen LogP) is -0.214. The van der Waals surface area contributed by atoms with E-state index in [1.807, 2.05) is 0 Å². The molecule has 0 spiro atoms. The lowest BCUT2D eigenvalue weighted by Gasteiger charge is -2.26. The first-order valence-corrected chi connectivity index (χ1v) is 6.05. The molecule has 2 rings (SSSR count). The maximum absolute atomic E-state index is 11.1. The molecule has 0 unspecified atom stereocenters. The third kappa shape index (κ3) is 3.83. The van der Waals surface area contributed by atoms with Crippen molar-refractivity contribution < 1.29 is 19.0 Å². The summed E-state index contributed by atoms with van der Waals surface area (Å²) in [5.74, 6) is 0. The van der Waals surface area contributed by atoms with E-state index in [-0.39, 0.29) is 12.2 Å². The number of carbonyl (C=O) groups excluding carboxylic acids is 1. The van der Waals surface area contributed by atoms with E-state index in [0.717, 1.165) is 32.8 Å². The highest BCUT2D eigenvalue weighted by atomic mass is 16.6. The van der Waals surface area contributed by atoms with Crippen LogP contribution in [0.2, 0.25) is 0 Å². The number of amides is 1. The number of hydrogen-bond donors (Lipinski definition) is 0. The first-order valence-electron chi connectivity index (χ1n) is 6.05. The molecule has 0 radical (unpaired) electrons. The average Bonchev–Trinajstić information content (AvgIpc) is 2.66. The third-order valence-corrected chi connectivity index (χ3v) is 3.02. The fourth-order valence-corrected chi connectivity index (χ4v) is 1.97. The first kappa shape index (κ1) is 12.6. The average molecular weight is 244 g/mol. The Morgan fingerprint density at radius 1 is 1.41 bits per heavy atom. The largest absolute Gasteiger partial charge is 0.442 e. The number of morpholine rings is 1. The van der Waals surface area contributed by atoms with Crippen LogP contribution in [0, 0.1) is 0 Å². The molecular weight excluding hydrogens is 224 g/mol. The van der Waals surface area contributed by atoms with Crippen LogP contribution in [0.15, 0.2) is 0 Å². The highest BCUT2D eigenvalue weighted by Crippen LogP contribution is 2.08. The van der Waals surface area contributed by atoms with Gasteiger partial charge in [0.2, 0.25) is 0 Å². The van der Waals surface area contributed by atoms with Gasteiger partial charge in [-0.3, -0.25) is 4.90 Å². The third-order valence-electron chi connectivity index (χ3n) is 3.02. The molecule has 2 heterocycles. The minimum absolute atomic E-state index is 0.114. The molecule has 0 aromatic heterocycles. The summed E-state index contributed by atoms with van der Waals surface area (Å²) in [6, 6.07) is 0. The standard InChI is InChI=1S/C11H20N2O4/c1-12-8-10(17-11(12)14)9-16-7-4-13-2-5-15-6-3-13/h10H,2-9H2,1H3/t10-/m1/s1. The lowest BCUT2D eigenvalue weighted by molar-refractivity contribution is 0.00581. The fourth-order valence-electron chi connectivity index (χ4n) is 1.97. The Balaban J connectivity index is 1.53. The zero-order valence-electron chi connectivity index (χ0n) is 10.3. The van der Waals surface area contributed by atoms with Crippen LogP contribution in [-0.4, -0.2) is 81.7 Å². The number of likely N-dealkylation sites (N-methyl/N-ethyl adjacent to an activating group) is 1. The van der Waals surface area contributed by atoms with Crippen molar-refractivity contribution in [1.29, 1.82) is 0 Å². The van der Waals surface area contributed by atoms with Gasteiger partial charge in [0.25, 0.3) is 0 Å². The Labute approximate surface area is 101 Å². The highest BCUT2D eigenvalue weighted by molar-refractivity contribution is 5.69. The topological polar surface area (TPSA) is 51.2 Å². The molecule has 2 fully saturated rings. The number of cyclic esters (lactones) is 1. The summed E-state index contributed by atoms with van der Waals surface area (Å²) < 4.78 is 15.9. The van der Waals surface area contributed by atoms with E-state index in [4.69, 9.17) is 14.2 Å². The van der Waals surface area contributed by atoms with Crippen molar-refractivity contribution >= 4 is 6.09 Å². The van der Waals surface area contributed by atoms with Gasteiger partial charge in [0.05, 0.1) is 33.0 Å². The SMILES string of the molecule is CN1C[C@H](COCCN2CCOCC2)OC1=O. The van der Waals surface area contributed by atoms with Gasteiger partial charge in [-0.25, -0.2) is 4.79 Å². The number of carbonyl (C=O) groups is 1. The molecule has 17 heavy (non-hydrogen) atoms. The molecule has 2 saturated heterocycles. The van der Waals surface area contributed by atoms with Gasteiger partial charge in [-0.15, -0.1) is 0 Å². The second kappa shape index (κ2) is 6.18. The van der Waals surface area contributed by atoms with Gasteiger partial charge in [0.1, 0.15) is 6.10 Å². The normalized spacial score (nSPS) is 26.3. The summed E-state index contributed by atoms with van der Waals surface area (Å²) in [5, 5.41) is 0. The molecule has 2 aliphatic rings. The van der Waals surface area contributed by atoms with E-state index in [0.29, 0.717) is 19.8 Å². The van der Waals surface area contributed by atoms with E-state index in [1.165, 1.54) is 0 Å². The van der Waals surface area contributed by atoms with Crippen LogP contribution in [0.4, 0.5) is 4.79 Å². The lowest BCUT2D eigenvalue weighted by Crippen LogP contribution is -2.38. The summed E-state index contributed by atoms with van der Waals surface area (Å²) >= 11 is 0. The second-order valence-corrected chi connectivity index (χ2v) is 4.42. The highest BCUT2D eigenvalue weighted by Gasteiger charge is 2.28. The van der Waals surface area contributed by atoms with Gasteiger partial charge in [-0.05, 0) is 0 Å². The Kier molecular flexibility index (Phi) is 4.58. The maximum Gasteiger partial charge on any atom is 0.410 e. The zero-order chi connectivity index (χ0) is 12.1. The van der Waals surface area contributed by atoms with Gasteiger partial charge in [-0.1, -0.05) is 0 Å². The van der Waals surface area contributed by atoms with Crippen molar-refractivity contribution in [2.45, 2.75) is 6.10 Å². The molecule has 0 saturated carbocycles. The smallest absolute Gasteiger partial charge is 0.410 e. The Bertz CT molecular complexity index is 256. The Morgan fingerprint density at radius 3 is 2.82 bits per heavy atom. The van der Waals surface area contributed by atoms with Gasteiger partial charge in [0, 0.05) is 26.7 Å². The molecule has 6 heteroatoms. The number of ether oxygens (including phenoxy) is 3. The quantitative estimate of drug-likeness (QED) is 0.626. The number of hydrogen-bond acceptors (Lipinski definition) is 5.